The molecule has 7 rings (SSSR count). The average molecular weight is 598 g/mol. The van der Waals surface area contributed by atoms with E-state index in [1.54, 1.807) is 4.90 Å². The molecule has 0 spiro atoms. The lowest BCUT2D eigenvalue weighted by molar-refractivity contribution is -0.145. The van der Waals surface area contributed by atoms with Gasteiger partial charge in [-0.05, 0) is 91.3 Å². The summed E-state index contributed by atoms with van der Waals surface area (Å²) in [4.78, 5) is 67.9. The van der Waals surface area contributed by atoms with Crippen molar-refractivity contribution in [3.05, 3.63) is 0 Å². The third kappa shape index (κ3) is 5.56. The summed E-state index contributed by atoms with van der Waals surface area (Å²) in [6.07, 6.45) is 10.2. The van der Waals surface area contributed by atoms with Crippen molar-refractivity contribution in [3.8, 4) is 0 Å². The molecule has 0 aromatic carbocycles. The van der Waals surface area contributed by atoms with Crippen LogP contribution < -0.4 is 21.7 Å². The number of primary amides is 1. The van der Waals surface area contributed by atoms with Gasteiger partial charge in [0.15, 0.2) is 0 Å². The maximum atomic E-state index is 14.3. The lowest BCUT2D eigenvalue weighted by atomic mass is 9.53. The highest BCUT2D eigenvalue weighted by atomic mass is 16.2. The molecule has 0 aromatic rings. The van der Waals surface area contributed by atoms with Crippen molar-refractivity contribution >= 4 is 29.5 Å². The Bertz CT molecular complexity index is 1170. The van der Waals surface area contributed by atoms with Crippen LogP contribution in [0.1, 0.15) is 98.8 Å². The Labute approximate surface area is 255 Å². The Morgan fingerprint density at radius 1 is 0.930 bits per heavy atom. The standard InChI is InChI=1S/C33H51N5O5/c1-31(2,3)26(36-30(43)37-33-13-18-9-19(14-33)11-20(10-18)15-33)29(42)38-16-21-23(32(21,4)5)24(38)28(41)35-22(25(39)27(34)40)12-17-7-6-8-17/h17-24,26H,6-16H2,1-5H3,(H2,34,40)(H,35,41)(H2,36,37,43)/t18?,19?,20?,21-,22+,23-,24-,26+,33?/m0/s1. The zero-order chi connectivity index (χ0) is 31.1. The lowest BCUT2D eigenvalue weighted by Gasteiger charge is -2.56. The number of nitrogens with zero attached hydrogens (tertiary/aromatic N) is 1. The smallest absolute Gasteiger partial charge is 0.315 e. The fourth-order valence-corrected chi connectivity index (χ4v) is 10.0. The molecule has 1 saturated heterocycles. The van der Waals surface area contributed by atoms with Crippen LogP contribution in [0.25, 0.3) is 0 Å². The number of hydrogen-bond donors (Lipinski definition) is 4. The number of carbonyl (C=O) groups excluding carboxylic acids is 5. The number of Topliss-reactive ketones (excluding diaryl/α,β-unsaturated/α-hetero) is 1. The summed E-state index contributed by atoms with van der Waals surface area (Å²) in [5.41, 5.74) is 4.43. The van der Waals surface area contributed by atoms with Crippen LogP contribution in [0.5, 0.6) is 0 Å². The van der Waals surface area contributed by atoms with Crippen molar-refractivity contribution in [2.75, 3.05) is 6.54 Å². The summed E-state index contributed by atoms with van der Waals surface area (Å²) in [7, 11) is 0. The molecular formula is C33H51N5O5. The van der Waals surface area contributed by atoms with Crippen molar-refractivity contribution in [1.29, 1.82) is 0 Å². The Hall–Kier alpha value is -2.65. The molecule has 5 amide bonds. The van der Waals surface area contributed by atoms with E-state index in [0.717, 1.165) is 38.5 Å². The minimum atomic E-state index is -1.06. The van der Waals surface area contributed by atoms with Gasteiger partial charge in [-0.15, -0.1) is 0 Å². The Balaban J connectivity index is 1.18. The first-order valence-electron chi connectivity index (χ1n) is 16.6. The van der Waals surface area contributed by atoms with Crippen LogP contribution in [0.3, 0.4) is 0 Å². The first-order chi connectivity index (χ1) is 20.1. The minimum Gasteiger partial charge on any atom is -0.363 e. The molecule has 5 N–H and O–H groups in total. The van der Waals surface area contributed by atoms with Gasteiger partial charge in [0.05, 0.1) is 6.04 Å². The molecule has 5 atom stereocenters. The van der Waals surface area contributed by atoms with Gasteiger partial charge in [0.1, 0.15) is 12.1 Å². The van der Waals surface area contributed by atoms with Gasteiger partial charge in [-0.3, -0.25) is 19.2 Å². The van der Waals surface area contributed by atoms with Crippen LogP contribution in [0.2, 0.25) is 0 Å². The van der Waals surface area contributed by atoms with Gasteiger partial charge in [-0.2, -0.15) is 0 Å². The van der Waals surface area contributed by atoms with Crippen molar-refractivity contribution in [3.63, 3.8) is 0 Å². The number of amides is 5. The number of nitrogens with two attached hydrogens (primary N) is 1. The van der Waals surface area contributed by atoms with Crippen molar-refractivity contribution in [2.24, 2.45) is 52.1 Å². The van der Waals surface area contributed by atoms with Crippen LogP contribution in [0.4, 0.5) is 4.79 Å². The predicted octanol–water partition coefficient (Wildman–Crippen LogP) is 2.88. The van der Waals surface area contributed by atoms with E-state index in [1.165, 1.54) is 19.3 Å². The monoisotopic (exact) mass is 597 g/mol. The van der Waals surface area contributed by atoms with Gasteiger partial charge in [0.2, 0.25) is 17.6 Å². The molecule has 0 unspecified atom stereocenters. The highest BCUT2D eigenvalue weighted by Gasteiger charge is 2.70. The summed E-state index contributed by atoms with van der Waals surface area (Å²) < 4.78 is 0. The summed E-state index contributed by atoms with van der Waals surface area (Å²) in [5.74, 6) is -0.170. The summed E-state index contributed by atoms with van der Waals surface area (Å²) >= 11 is 0. The first kappa shape index (κ1) is 30.4. The number of urea groups is 1. The second-order valence-electron chi connectivity index (χ2n) is 16.8. The summed E-state index contributed by atoms with van der Waals surface area (Å²) in [5, 5.41) is 9.22. The maximum absolute atomic E-state index is 14.3. The quantitative estimate of drug-likeness (QED) is 0.302. The molecule has 0 aromatic heterocycles. The van der Waals surface area contributed by atoms with E-state index in [2.05, 4.69) is 29.8 Å². The van der Waals surface area contributed by atoms with Crippen LogP contribution in [0, 0.1) is 46.3 Å². The van der Waals surface area contributed by atoms with Crippen molar-refractivity contribution in [1.82, 2.24) is 20.9 Å². The number of hydrogen-bond acceptors (Lipinski definition) is 5. The van der Waals surface area contributed by atoms with E-state index in [-0.39, 0.29) is 40.6 Å². The lowest BCUT2D eigenvalue weighted by Crippen LogP contribution is -2.65. The molecular weight excluding hydrogens is 546 g/mol. The number of likely N-dealkylation sites (tertiary alicyclic amines) is 1. The number of fused-ring (bicyclic) bond motifs is 1. The normalized spacial score (nSPS) is 36.6. The maximum Gasteiger partial charge on any atom is 0.315 e. The third-order valence-electron chi connectivity index (χ3n) is 12.2. The number of piperidine rings is 1. The largest absolute Gasteiger partial charge is 0.363 e. The summed E-state index contributed by atoms with van der Waals surface area (Å²) in [6.45, 7) is 10.4. The van der Waals surface area contributed by atoms with E-state index >= 15 is 0 Å². The van der Waals surface area contributed by atoms with Gasteiger partial charge in [0, 0.05) is 12.1 Å². The highest BCUT2D eigenvalue weighted by molar-refractivity contribution is 6.37. The molecule has 6 aliphatic carbocycles. The fourth-order valence-electron chi connectivity index (χ4n) is 10.0. The fraction of sp³-hybridized carbons (Fsp3) is 0.848. The van der Waals surface area contributed by atoms with E-state index in [0.29, 0.717) is 30.7 Å². The Kier molecular flexibility index (Phi) is 7.40. The first-order valence-corrected chi connectivity index (χ1v) is 16.6. The molecule has 7 fully saturated rings. The number of nitrogens with one attached hydrogen (secondary N) is 3. The molecule has 6 saturated carbocycles. The molecule has 43 heavy (non-hydrogen) atoms. The molecule has 10 nitrogen and oxygen atoms in total. The van der Waals surface area contributed by atoms with Crippen LogP contribution >= 0.6 is 0 Å². The molecule has 1 heterocycles. The second-order valence-corrected chi connectivity index (χ2v) is 16.8. The summed E-state index contributed by atoms with van der Waals surface area (Å²) in [6, 6.07) is -2.92. The predicted molar refractivity (Wildman–Crippen MR) is 160 cm³/mol. The molecule has 7 aliphatic rings. The average Bonchev–Trinajstić information content (AvgIpc) is 3.18. The third-order valence-corrected chi connectivity index (χ3v) is 12.2. The van der Waals surface area contributed by atoms with E-state index in [4.69, 9.17) is 5.73 Å². The van der Waals surface area contributed by atoms with Crippen molar-refractivity contribution < 1.29 is 24.0 Å². The number of ketones is 1. The Morgan fingerprint density at radius 2 is 1.51 bits per heavy atom. The zero-order valence-corrected chi connectivity index (χ0v) is 26.5. The second kappa shape index (κ2) is 10.5. The van der Waals surface area contributed by atoms with Crippen LogP contribution in [-0.4, -0.2) is 64.6 Å². The Morgan fingerprint density at radius 3 is 2.00 bits per heavy atom. The van der Waals surface area contributed by atoms with Crippen molar-refractivity contribution in [2.45, 2.75) is 122 Å². The van der Waals surface area contributed by atoms with Gasteiger partial charge >= 0.3 is 6.03 Å². The molecule has 4 bridgehead atoms. The highest BCUT2D eigenvalue weighted by Crippen LogP contribution is 2.65. The van der Waals surface area contributed by atoms with Crippen LogP contribution in [-0.2, 0) is 19.2 Å². The van der Waals surface area contributed by atoms with Crippen LogP contribution in [0.15, 0.2) is 0 Å². The van der Waals surface area contributed by atoms with E-state index < -0.39 is 41.1 Å². The molecule has 1 aliphatic heterocycles. The minimum absolute atomic E-state index is 0.0639. The molecule has 238 valence electrons. The van der Waals surface area contributed by atoms with Gasteiger partial charge in [-0.1, -0.05) is 53.9 Å². The SMILES string of the molecule is CC(C)(C)[C@H](NC(=O)NC12CC3CC(CC(C3)C1)C2)C(=O)N1C[C@H]2[C@@H]([C@H]1C(=O)N[C@H](CC1CCC1)C(=O)C(N)=O)C2(C)C. The number of rotatable bonds is 9. The van der Waals surface area contributed by atoms with E-state index in [1.807, 2.05) is 20.8 Å². The zero-order valence-electron chi connectivity index (χ0n) is 26.5. The van der Waals surface area contributed by atoms with Gasteiger partial charge in [0.25, 0.3) is 5.91 Å². The van der Waals surface area contributed by atoms with Gasteiger partial charge in [-0.25, -0.2) is 4.79 Å². The van der Waals surface area contributed by atoms with E-state index in [9.17, 15) is 24.0 Å². The molecule has 0 radical (unpaired) electrons. The topological polar surface area (TPSA) is 151 Å². The number of carbonyl (C=O) groups is 5. The van der Waals surface area contributed by atoms with Gasteiger partial charge < -0.3 is 26.6 Å². The molecule has 10 heteroatoms.